The molecule has 0 radical (unpaired) electrons. The first kappa shape index (κ1) is 20.2. The number of hydrogen-bond acceptors (Lipinski definition) is 4. The molecule has 1 amide bonds. The fourth-order valence-electron chi connectivity index (χ4n) is 3.36. The average Bonchev–Trinajstić information content (AvgIpc) is 3.12. The number of rotatable bonds is 6. The monoisotopic (exact) mass is 401 g/mol. The minimum atomic E-state index is -0.928. The van der Waals surface area contributed by atoms with Gasteiger partial charge in [-0.1, -0.05) is 29.8 Å². The van der Waals surface area contributed by atoms with Crippen LogP contribution in [0.3, 0.4) is 0 Å². The van der Waals surface area contributed by atoms with Crippen LogP contribution < -0.4 is 10.1 Å². The Hall–Kier alpha value is -2.53. The molecule has 0 fully saturated rings. The summed E-state index contributed by atoms with van der Waals surface area (Å²) in [4.78, 5) is 24.7. The number of benzene rings is 2. The fourth-order valence-corrected chi connectivity index (χ4v) is 3.51. The van der Waals surface area contributed by atoms with Gasteiger partial charge >= 0.3 is 5.97 Å². The van der Waals surface area contributed by atoms with E-state index in [0.717, 1.165) is 30.4 Å². The first-order chi connectivity index (χ1) is 13.4. The van der Waals surface area contributed by atoms with Crippen molar-refractivity contribution in [2.45, 2.75) is 45.6 Å². The largest absolute Gasteiger partial charge is 0.495 e. The summed E-state index contributed by atoms with van der Waals surface area (Å²) in [5.41, 5.74) is 4.86. The SMILES string of the molecule is COc1cc(Cl)c(C)cc1NC(=O)[C@@H](C)OC(=O)Cc1ccc2c(c1)CCC2. The summed E-state index contributed by atoms with van der Waals surface area (Å²) < 4.78 is 10.6. The maximum atomic E-state index is 12.4. The van der Waals surface area contributed by atoms with Crippen LogP contribution in [0.1, 0.15) is 35.6 Å². The lowest BCUT2D eigenvalue weighted by molar-refractivity contribution is -0.152. The van der Waals surface area contributed by atoms with Gasteiger partial charge in [0, 0.05) is 11.1 Å². The van der Waals surface area contributed by atoms with Crippen molar-refractivity contribution < 1.29 is 19.1 Å². The molecule has 2 aromatic carbocycles. The number of carbonyl (C=O) groups is 2. The summed E-state index contributed by atoms with van der Waals surface area (Å²) in [6.45, 7) is 3.38. The van der Waals surface area contributed by atoms with Crippen LogP contribution in [-0.2, 0) is 33.6 Å². The molecule has 0 aromatic heterocycles. The zero-order chi connectivity index (χ0) is 20.3. The van der Waals surface area contributed by atoms with E-state index >= 15 is 0 Å². The smallest absolute Gasteiger partial charge is 0.311 e. The van der Waals surface area contributed by atoms with E-state index in [4.69, 9.17) is 21.1 Å². The number of aryl methyl sites for hydroxylation is 3. The van der Waals surface area contributed by atoms with Crippen LogP contribution in [-0.4, -0.2) is 25.1 Å². The molecule has 0 heterocycles. The van der Waals surface area contributed by atoms with E-state index in [9.17, 15) is 9.59 Å². The third kappa shape index (κ3) is 4.65. The predicted octanol–water partition coefficient (Wildman–Crippen LogP) is 4.26. The van der Waals surface area contributed by atoms with E-state index in [1.807, 2.05) is 13.0 Å². The van der Waals surface area contributed by atoms with Gasteiger partial charge in [0.05, 0.1) is 19.2 Å². The van der Waals surface area contributed by atoms with E-state index in [2.05, 4.69) is 17.4 Å². The quantitative estimate of drug-likeness (QED) is 0.734. The Morgan fingerprint density at radius 2 is 1.93 bits per heavy atom. The number of hydrogen-bond donors (Lipinski definition) is 1. The van der Waals surface area contributed by atoms with E-state index in [1.165, 1.54) is 18.2 Å². The van der Waals surface area contributed by atoms with Gasteiger partial charge in [0.25, 0.3) is 5.91 Å². The number of methoxy groups -OCH3 is 1. The van der Waals surface area contributed by atoms with Gasteiger partial charge in [0.2, 0.25) is 0 Å². The Morgan fingerprint density at radius 3 is 2.68 bits per heavy atom. The molecule has 1 atom stereocenters. The van der Waals surface area contributed by atoms with Crippen molar-refractivity contribution in [3.8, 4) is 5.75 Å². The highest BCUT2D eigenvalue weighted by Gasteiger charge is 2.20. The summed E-state index contributed by atoms with van der Waals surface area (Å²) in [6.07, 6.45) is 2.54. The van der Waals surface area contributed by atoms with Crippen LogP contribution in [0.4, 0.5) is 5.69 Å². The zero-order valence-electron chi connectivity index (χ0n) is 16.3. The standard InChI is InChI=1S/C22H24ClNO4/c1-13-9-19(20(27-3)12-18(13)23)24-22(26)14(2)28-21(25)11-15-7-8-16-5-4-6-17(16)10-15/h7-10,12,14H,4-6,11H2,1-3H3,(H,24,26)/t14-/m1/s1. The maximum Gasteiger partial charge on any atom is 0.311 e. The number of nitrogens with one attached hydrogen (secondary N) is 1. The molecular weight excluding hydrogens is 378 g/mol. The molecule has 1 N–H and O–H groups in total. The van der Waals surface area contributed by atoms with Crippen LogP contribution in [0.2, 0.25) is 5.02 Å². The van der Waals surface area contributed by atoms with Crippen molar-refractivity contribution in [3.05, 3.63) is 57.6 Å². The number of halogens is 1. The second-order valence-electron chi connectivity index (χ2n) is 7.06. The Bertz CT molecular complexity index is 910. The summed E-state index contributed by atoms with van der Waals surface area (Å²) >= 11 is 6.08. The maximum absolute atomic E-state index is 12.4. The number of amides is 1. The molecule has 0 bridgehead atoms. The van der Waals surface area contributed by atoms with Crippen LogP contribution in [0.15, 0.2) is 30.3 Å². The summed E-state index contributed by atoms with van der Waals surface area (Å²) in [7, 11) is 1.50. The normalized spacial score (nSPS) is 13.6. The lowest BCUT2D eigenvalue weighted by Crippen LogP contribution is -2.30. The number of anilines is 1. The van der Waals surface area contributed by atoms with Crippen LogP contribution >= 0.6 is 11.6 Å². The number of ether oxygens (including phenoxy) is 2. The Kier molecular flexibility index (Phi) is 6.25. The molecule has 1 aliphatic rings. The van der Waals surface area contributed by atoms with Crippen molar-refractivity contribution in [1.29, 1.82) is 0 Å². The highest BCUT2D eigenvalue weighted by molar-refractivity contribution is 6.31. The minimum absolute atomic E-state index is 0.147. The summed E-state index contributed by atoms with van der Waals surface area (Å²) in [5.74, 6) is -0.414. The van der Waals surface area contributed by atoms with Gasteiger partial charge in [-0.3, -0.25) is 9.59 Å². The van der Waals surface area contributed by atoms with Gasteiger partial charge < -0.3 is 14.8 Å². The molecule has 0 unspecified atom stereocenters. The van der Waals surface area contributed by atoms with Crippen molar-refractivity contribution in [2.75, 3.05) is 12.4 Å². The second kappa shape index (κ2) is 8.65. The molecule has 0 saturated carbocycles. The predicted molar refractivity (Wildman–Crippen MR) is 109 cm³/mol. The molecule has 1 aliphatic carbocycles. The lowest BCUT2D eigenvalue weighted by Gasteiger charge is -2.16. The van der Waals surface area contributed by atoms with E-state index in [0.29, 0.717) is 16.5 Å². The topological polar surface area (TPSA) is 64.6 Å². The van der Waals surface area contributed by atoms with Gasteiger partial charge in [0.15, 0.2) is 6.10 Å². The molecule has 3 rings (SSSR count). The Labute approximate surface area is 170 Å². The molecule has 0 saturated heterocycles. The third-order valence-corrected chi connectivity index (χ3v) is 5.33. The molecule has 6 heteroatoms. The van der Waals surface area contributed by atoms with Crippen LogP contribution in [0.5, 0.6) is 5.75 Å². The highest BCUT2D eigenvalue weighted by atomic mass is 35.5. The van der Waals surface area contributed by atoms with Gasteiger partial charge in [-0.25, -0.2) is 0 Å². The molecule has 5 nitrogen and oxygen atoms in total. The first-order valence-corrected chi connectivity index (χ1v) is 9.70. The molecular formula is C22H24ClNO4. The van der Waals surface area contributed by atoms with Gasteiger partial charge in [-0.2, -0.15) is 0 Å². The third-order valence-electron chi connectivity index (χ3n) is 4.93. The summed E-state index contributed by atoms with van der Waals surface area (Å²) in [5, 5.41) is 3.28. The average molecular weight is 402 g/mol. The zero-order valence-corrected chi connectivity index (χ0v) is 17.1. The first-order valence-electron chi connectivity index (χ1n) is 9.32. The number of carbonyl (C=O) groups excluding carboxylic acids is 2. The molecule has 148 valence electrons. The fraction of sp³-hybridized carbons (Fsp3) is 0.364. The molecule has 0 spiro atoms. The number of esters is 1. The van der Waals surface area contributed by atoms with Crippen molar-refractivity contribution in [1.82, 2.24) is 0 Å². The number of fused-ring (bicyclic) bond motifs is 1. The van der Waals surface area contributed by atoms with Crippen LogP contribution in [0, 0.1) is 6.92 Å². The van der Waals surface area contributed by atoms with Crippen molar-refractivity contribution in [2.24, 2.45) is 0 Å². The molecule has 0 aliphatic heterocycles. The van der Waals surface area contributed by atoms with Gasteiger partial charge in [-0.15, -0.1) is 0 Å². The lowest BCUT2D eigenvalue weighted by atomic mass is 10.0. The molecule has 2 aromatic rings. The molecule has 28 heavy (non-hydrogen) atoms. The van der Waals surface area contributed by atoms with Gasteiger partial charge in [0.1, 0.15) is 5.75 Å². The highest BCUT2D eigenvalue weighted by Crippen LogP contribution is 2.31. The van der Waals surface area contributed by atoms with E-state index < -0.39 is 18.0 Å². The van der Waals surface area contributed by atoms with E-state index in [-0.39, 0.29) is 6.42 Å². The minimum Gasteiger partial charge on any atom is -0.495 e. The Balaban J connectivity index is 1.59. The second-order valence-corrected chi connectivity index (χ2v) is 7.46. The van der Waals surface area contributed by atoms with Gasteiger partial charge in [-0.05, 0) is 61.4 Å². The summed E-state index contributed by atoms with van der Waals surface area (Å²) in [6, 6.07) is 9.46. The van der Waals surface area contributed by atoms with E-state index in [1.54, 1.807) is 19.1 Å². The van der Waals surface area contributed by atoms with Crippen molar-refractivity contribution >= 4 is 29.2 Å². The van der Waals surface area contributed by atoms with Crippen molar-refractivity contribution in [3.63, 3.8) is 0 Å². The van der Waals surface area contributed by atoms with Crippen LogP contribution in [0.25, 0.3) is 0 Å². The Morgan fingerprint density at radius 1 is 1.18 bits per heavy atom.